The fourth-order valence-corrected chi connectivity index (χ4v) is 1.93. The first-order valence-electron chi connectivity index (χ1n) is 7.29. The highest BCUT2D eigenvalue weighted by Gasteiger charge is 2.03. The number of rotatable bonds is 6. The largest absolute Gasteiger partial charge is 0.507 e. The summed E-state index contributed by atoms with van der Waals surface area (Å²) >= 11 is 0. The monoisotopic (exact) mass is 296 g/mol. The molecule has 0 unspecified atom stereocenters. The molecule has 0 radical (unpaired) electrons. The Morgan fingerprint density at radius 3 is 2.00 bits per heavy atom. The van der Waals surface area contributed by atoms with Crippen molar-refractivity contribution in [1.82, 2.24) is 0 Å². The Morgan fingerprint density at radius 2 is 1.45 bits per heavy atom. The van der Waals surface area contributed by atoms with Crippen molar-refractivity contribution in [2.24, 2.45) is 9.98 Å². The summed E-state index contributed by atoms with van der Waals surface area (Å²) in [5.74, 6) is 0.441. The van der Waals surface area contributed by atoms with E-state index in [1.165, 1.54) is 0 Å². The zero-order chi connectivity index (χ0) is 15.8. The predicted molar refractivity (Wildman–Crippen MR) is 90.3 cm³/mol. The Balaban J connectivity index is 1.98. The molecule has 1 atom stereocenters. The fourth-order valence-electron chi connectivity index (χ4n) is 1.93. The quantitative estimate of drug-likeness (QED) is 0.802. The smallest absolute Gasteiger partial charge is 0.124 e. The van der Waals surface area contributed by atoms with Gasteiger partial charge in [0.15, 0.2) is 0 Å². The molecule has 0 aliphatic rings. The van der Waals surface area contributed by atoms with Gasteiger partial charge >= 0.3 is 0 Å². The molecule has 2 aromatic carbocycles. The predicted octanol–water partition coefficient (Wildman–Crippen LogP) is 3.41. The van der Waals surface area contributed by atoms with Crippen LogP contribution in [0.25, 0.3) is 0 Å². The molecule has 2 aromatic rings. The number of hydrogen-bond donors (Lipinski definition) is 2. The first kappa shape index (κ1) is 15.8. The fraction of sp³-hybridized carbons (Fsp3) is 0.222. The lowest BCUT2D eigenvalue weighted by Crippen LogP contribution is -2.08. The lowest BCUT2D eigenvalue weighted by molar-refractivity contribution is 0.474. The van der Waals surface area contributed by atoms with E-state index in [1.807, 2.05) is 31.2 Å². The summed E-state index contributed by atoms with van der Waals surface area (Å²) in [6.45, 7) is 2.58. The van der Waals surface area contributed by atoms with Crippen LogP contribution in [0.1, 0.15) is 24.5 Å². The average molecular weight is 296 g/mol. The van der Waals surface area contributed by atoms with Crippen LogP contribution in [-0.2, 0) is 0 Å². The van der Waals surface area contributed by atoms with E-state index < -0.39 is 0 Å². The minimum absolute atomic E-state index is 0.0433. The van der Waals surface area contributed by atoms with Crippen LogP contribution in [0, 0.1) is 0 Å². The number of benzene rings is 2. The minimum Gasteiger partial charge on any atom is -0.507 e. The lowest BCUT2D eigenvalue weighted by atomic mass is 10.2. The van der Waals surface area contributed by atoms with Gasteiger partial charge in [-0.15, -0.1) is 0 Å². The molecule has 0 saturated carbocycles. The van der Waals surface area contributed by atoms with E-state index in [-0.39, 0.29) is 17.5 Å². The van der Waals surface area contributed by atoms with Crippen LogP contribution >= 0.6 is 0 Å². The third-order valence-corrected chi connectivity index (χ3v) is 3.32. The second kappa shape index (κ2) is 7.98. The molecule has 0 heterocycles. The highest BCUT2D eigenvalue weighted by molar-refractivity contribution is 5.84. The normalized spacial score (nSPS) is 13.0. The van der Waals surface area contributed by atoms with Crippen molar-refractivity contribution in [3.63, 3.8) is 0 Å². The standard InChI is InChI=1S/C18H20N2O2/c1-2-16(20-12-15-8-4-6-10-18(15)22)13-19-11-14-7-3-5-9-17(14)21/h3-12,16,21-22H,2,13H2,1H3/t16-/m1/s1. The Labute approximate surface area is 130 Å². The number of phenolic OH excluding ortho intramolecular Hbond substituents is 2. The number of phenols is 2. The Bertz CT molecular complexity index is 666. The Hall–Kier alpha value is -2.62. The third-order valence-electron chi connectivity index (χ3n) is 3.32. The second-order valence-corrected chi connectivity index (χ2v) is 4.95. The average Bonchev–Trinajstić information content (AvgIpc) is 2.54. The molecule has 0 aliphatic heterocycles. The van der Waals surface area contributed by atoms with Crippen molar-refractivity contribution in [3.8, 4) is 11.5 Å². The maximum absolute atomic E-state index is 9.70. The maximum atomic E-state index is 9.70. The van der Waals surface area contributed by atoms with Crippen LogP contribution in [0.15, 0.2) is 58.5 Å². The summed E-state index contributed by atoms with van der Waals surface area (Å²) in [4.78, 5) is 8.81. The highest BCUT2D eigenvalue weighted by atomic mass is 16.3. The van der Waals surface area contributed by atoms with Gasteiger partial charge in [0.25, 0.3) is 0 Å². The molecule has 0 bridgehead atoms. The molecule has 22 heavy (non-hydrogen) atoms. The van der Waals surface area contributed by atoms with Gasteiger partial charge in [-0.2, -0.15) is 0 Å². The molecule has 0 aromatic heterocycles. The van der Waals surface area contributed by atoms with Crippen LogP contribution in [-0.4, -0.2) is 35.2 Å². The molecule has 0 fully saturated rings. The molecule has 0 amide bonds. The number of para-hydroxylation sites is 2. The van der Waals surface area contributed by atoms with Crippen LogP contribution in [0.3, 0.4) is 0 Å². The summed E-state index contributed by atoms with van der Waals surface area (Å²) in [5.41, 5.74) is 1.40. The summed E-state index contributed by atoms with van der Waals surface area (Å²) in [6.07, 6.45) is 4.19. The van der Waals surface area contributed by atoms with Crippen molar-refractivity contribution in [2.45, 2.75) is 19.4 Å². The topological polar surface area (TPSA) is 65.2 Å². The van der Waals surface area contributed by atoms with Gasteiger partial charge in [-0.3, -0.25) is 9.98 Å². The first-order chi connectivity index (χ1) is 10.7. The molecule has 114 valence electrons. The zero-order valence-corrected chi connectivity index (χ0v) is 12.6. The molecule has 2 N–H and O–H groups in total. The van der Waals surface area contributed by atoms with Crippen LogP contribution in [0.2, 0.25) is 0 Å². The molecule has 0 aliphatic carbocycles. The van der Waals surface area contributed by atoms with Gasteiger partial charge in [0.1, 0.15) is 11.5 Å². The van der Waals surface area contributed by atoms with E-state index in [2.05, 4.69) is 9.98 Å². The van der Waals surface area contributed by atoms with Crippen molar-refractivity contribution in [2.75, 3.05) is 6.54 Å². The van der Waals surface area contributed by atoms with Crippen molar-refractivity contribution in [3.05, 3.63) is 59.7 Å². The van der Waals surface area contributed by atoms with E-state index >= 15 is 0 Å². The SMILES string of the molecule is CC[C@H](CN=Cc1ccccc1O)N=Cc1ccccc1O. The summed E-state index contributed by atoms with van der Waals surface area (Å²) in [6, 6.07) is 14.2. The summed E-state index contributed by atoms with van der Waals surface area (Å²) in [7, 11) is 0. The lowest BCUT2D eigenvalue weighted by Gasteiger charge is -2.06. The van der Waals surface area contributed by atoms with Gasteiger partial charge in [-0.25, -0.2) is 0 Å². The number of aromatic hydroxyl groups is 2. The van der Waals surface area contributed by atoms with Gasteiger partial charge < -0.3 is 10.2 Å². The van der Waals surface area contributed by atoms with Gasteiger partial charge in [0.2, 0.25) is 0 Å². The molecule has 4 heteroatoms. The zero-order valence-electron chi connectivity index (χ0n) is 12.6. The van der Waals surface area contributed by atoms with E-state index in [9.17, 15) is 10.2 Å². The van der Waals surface area contributed by atoms with Crippen molar-refractivity contribution < 1.29 is 10.2 Å². The molecule has 2 rings (SSSR count). The number of aliphatic imine (C=N–C) groups is 2. The Kier molecular flexibility index (Phi) is 5.72. The molecule has 0 spiro atoms. The number of nitrogens with zero attached hydrogens (tertiary/aromatic N) is 2. The van der Waals surface area contributed by atoms with Crippen LogP contribution in [0.5, 0.6) is 11.5 Å². The van der Waals surface area contributed by atoms with Gasteiger partial charge in [-0.1, -0.05) is 31.2 Å². The Morgan fingerprint density at radius 1 is 0.909 bits per heavy atom. The summed E-state index contributed by atoms with van der Waals surface area (Å²) in [5, 5.41) is 19.4. The van der Waals surface area contributed by atoms with Crippen LogP contribution < -0.4 is 0 Å². The minimum atomic E-state index is 0.0433. The third kappa shape index (κ3) is 4.45. The molecular formula is C18H20N2O2. The van der Waals surface area contributed by atoms with Gasteiger partial charge in [0.05, 0.1) is 12.6 Å². The highest BCUT2D eigenvalue weighted by Crippen LogP contribution is 2.14. The van der Waals surface area contributed by atoms with Crippen molar-refractivity contribution in [1.29, 1.82) is 0 Å². The second-order valence-electron chi connectivity index (χ2n) is 4.95. The van der Waals surface area contributed by atoms with Gasteiger partial charge in [-0.05, 0) is 30.7 Å². The van der Waals surface area contributed by atoms with E-state index in [4.69, 9.17) is 0 Å². The van der Waals surface area contributed by atoms with E-state index in [1.54, 1.807) is 36.7 Å². The van der Waals surface area contributed by atoms with E-state index in [0.717, 1.165) is 6.42 Å². The molecule has 0 saturated heterocycles. The number of hydrogen-bond acceptors (Lipinski definition) is 4. The molecule has 4 nitrogen and oxygen atoms in total. The molecular weight excluding hydrogens is 276 g/mol. The van der Waals surface area contributed by atoms with E-state index in [0.29, 0.717) is 17.7 Å². The first-order valence-corrected chi connectivity index (χ1v) is 7.29. The van der Waals surface area contributed by atoms with Crippen molar-refractivity contribution >= 4 is 12.4 Å². The summed E-state index contributed by atoms with van der Waals surface area (Å²) < 4.78 is 0. The maximum Gasteiger partial charge on any atom is 0.124 e. The van der Waals surface area contributed by atoms with Crippen LogP contribution in [0.4, 0.5) is 0 Å². The van der Waals surface area contributed by atoms with Gasteiger partial charge in [0, 0.05) is 23.6 Å².